The van der Waals surface area contributed by atoms with E-state index in [4.69, 9.17) is 9.15 Å². The summed E-state index contributed by atoms with van der Waals surface area (Å²) in [7, 11) is 1.94. The van der Waals surface area contributed by atoms with Gasteiger partial charge < -0.3 is 14.1 Å². The van der Waals surface area contributed by atoms with Crippen LogP contribution in [0.1, 0.15) is 17.5 Å². The monoisotopic (exact) mass is 306 g/mol. The Morgan fingerprint density at radius 3 is 2.73 bits per heavy atom. The minimum Gasteiger partial charge on any atom is -0.465 e. The van der Waals surface area contributed by atoms with E-state index in [0.717, 1.165) is 19.6 Å². The Labute approximate surface area is 130 Å². The first-order valence-corrected chi connectivity index (χ1v) is 7.77. The van der Waals surface area contributed by atoms with Gasteiger partial charge in [-0.2, -0.15) is 0 Å². The summed E-state index contributed by atoms with van der Waals surface area (Å²) in [5.74, 6) is 1.92. The summed E-state index contributed by atoms with van der Waals surface area (Å²) in [5.41, 5.74) is 0. The van der Waals surface area contributed by atoms with E-state index in [-0.39, 0.29) is 11.9 Å². The number of furan rings is 1. The highest BCUT2D eigenvalue weighted by Crippen LogP contribution is 2.52. The van der Waals surface area contributed by atoms with Crippen molar-refractivity contribution in [2.45, 2.75) is 6.92 Å². The molecule has 0 spiro atoms. The summed E-state index contributed by atoms with van der Waals surface area (Å²) >= 11 is 0. The second-order valence-corrected chi connectivity index (χ2v) is 6.18. The zero-order chi connectivity index (χ0) is 15.7. The van der Waals surface area contributed by atoms with Crippen LogP contribution in [0.15, 0.2) is 22.8 Å². The van der Waals surface area contributed by atoms with Gasteiger partial charge in [-0.3, -0.25) is 14.5 Å². The number of carbonyl (C=O) groups excluding carboxylic acids is 2. The standard InChI is InChI=1S/C16H22N2O4/c1-3-21-15(19)10-17(2)7-11-12-8-18(9-13(11)12)16(20)14-5-4-6-22-14/h4-6,11-13H,3,7-10H2,1-2H3/t11?,12-,13+. The highest BCUT2D eigenvalue weighted by atomic mass is 16.5. The van der Waals surface area contributed by atoms with Crippen molar-refractivity contribution < 1.29 is 18.7 Å². The predicted molar refractivity (Wildman–Crippen MR) is 79.2 cm³/mol. The zero-order valence-electron chi connectivity index (χ0n) is 13.0. The van der Waals surface area contributed by atoms with Crippen LogP contribution in [0.5, 0.6) is 0 Å². The summed E-state index contributed by atoms with van der Waals surface area (Å²) in [4.78, 5) is 27.5. The second kappa shape index (κ2) is 6.12. The number of likely N-dealkylation sites (N-methyl/N-ethyl adjacent to an activating group) is 1. The van der Waals surface area contributed by atoms with Crippen molar-refractivity contribution in [3.63, 3.8) is 0 Å². The van der Waals surface area contributed by atoms with Gasteiger partial charge in [0.1, 0.15) is 0 Å². The average molecular weight is 306 g/mol. The van der Waals surface area contributed by atoms with E-state index in [1.807, 2.05) is 23.8 Å². The molecule has 1 aromatic heterocycles. The van der Waals surface area contributed by atoms with Crippen LogP contribution in [0.3, 0.4) is 0 Å². The maximum atomic E-state index is 12.2. The van der Waals surface area contributed by atoms with Crippen molar-refractivity contribution in [2.75, 3.05) is 39.8 Å². The van der Waals surface area contributed by atoms with Gasteiger partial charge in [0.15, 0.2) is 5.76 Å². The molecule has 1 amide bonds. The first kappa shape index (κ1) is 15.1. The summed E-state index contributed by atoms with van der Waals surface area (Å²) in [6, 6.07) is 3.44. The number of piperidine rings is 1. The van der Waals surface area contributed by atoms with E-state index in [1.54, 1.807) is 12.1 Å². The molecule has 2 heterocycles. The third kappa shape index (κ3) is 3.02. The molecule has 1 saturated heterocycles. The maximum absolute atomic E-state index is 12.2. The highest BCUT2D eigenvalue weighted by Gasteiger charge is 2.56. The van der Waals surface area contributed by atoms with Gasteiger partial charge in [0.2, 0.25) is 0 Å². The molecule has 6 nitrogen and oxygen atoms in total. The number of likely N-dealkylation sites (tertiary alicyclic amines) is 1. The molecule has 0 bridgehead atoms. The van der Waals surface area contributed by atoms with E-state index >= 15 is 0 Å². The molecule has 1 aromatic rings. The van der Waals surface area contributed by atoms with E-state index in [2.05, 4.69) is 0 Å². The molecule has 1 aliphatic carbocycles. The zero-order valence-corrected chi connectivity index (χ0v) is 13.0. The lowest BCUT2D eigenvalue weighted by atomic mass is 10.2. The van der Waals surface area contributed by atoms with Crippen LogP contribution in [0.25, 0.3) is 0 Å². The molecule has 22 heavy (non-hydrogen) atoms. The molecule has 1 aliphatic heterocycles. The molecule has 6 heteroatoms. The SMILES string of the molecule is CCOC(=O)CN(C)CC1[C@H]2CN(C(=O)c3ccco3)C[C@@H]12. The number of rotatable bonds is 6. The van der Waals surface area contributed by atoms with Crippen molar-refractivity contribution in [2.24, 2.45) is 17.8 Å². The van der Waals surface area contributed by atoms with Gasteiger partial charge in [-0.05, 0) is 43.9 Å². The molecule has 120 valence electrons. The van der Waals surface area contributed by atoms with Gasteiger partial charge in [-0.15, -0.1) is 0 Å². The van der Waals surface area contributed by atoms with E-state index in [1.165, 1.54) is 6.26 Å². The molecule has 0 radical (unpaired) electrons. The van der Waals surface area contributed by atoms with Gasteiger partial charge in [-0.25, -0.2) is 0 Å². The number of carbonyl (C=O) groups is 2. The lowest BCUT2D eigenvalue weighted by Gasteiger charge is -2.21. The molecule has 0 N–H and O–H groups in total. The normalized spacial score (nSPS) is 26.1. The Hall–Kier alpha value is -1.82. The third-order valence-corrected chi connectivity index (χ3v) is 4.62. The minimum absolute atomic E-state index is 0.0178. The number of amides is 1. The van der Waals surface area contributed by atoms with Crippen LogP contribution in [0.2, 0.25) is 0 Å². The van der Waals surface area contributed by atoms with Gasteiger partial charge in [-0.1, -0.05) is 0 Å². The van der Waals surface area contributed by atoms with Crippen molar-refractivity contribution in [3.05, 3.63) is 24.2 Å². The summed E-state index contributed by atoms with van der Waals surface area (Å²) < 4.78 is 10.1. The van der Waals surface area contributed by atoms with Gasteiger partial charge in [0.05, 0.1) is 19.4 Å². The Balaban J connectivity index is 1.43. The number of hydrogen-bond acceptors (Lipinski definition) is 5. The highest BCUT2D eigenvalue weighted by molar-refractivity contribution is 5.91. The molecule has 1 saturated carbocycles. The van der Waals surface area contributed by atoms with Crippen LogP contribution in [-0.4, -0.2) is 61.5 Å². The number of fused-ring (bicyclic) bond motifs is 1. The topological polar surface area (TPSA) is 63.0 Å². The second-order valence-electron chi connectivity index (χ2n) is 6.18. The lowest BCUT2D eigenvalue weighted by Crippen LogP contribution is -2.34. The van der Waals surface area contributed by atoms with Gasteiger partial charge in [0.25, 0.3) is 5.91 Å². The molecule has 2 aliphatic rings. The van der Waals surface area contributed by atoms with Crippen LogP contribution in [-0.2, 0) is 9.53 Å². The summed E-state index contributed by atoms with van der Waals surface area (Å²) in [6.45, 7) is 5.04. The third-order valence-electron chi connectivity index (χ3n) is 4.62. The number of ether oxygens (including phenoxy) is 1. The number of hydrogen-bond donors (Lipinski definition) is 0. The van der Waals surface area contributed by atoms with Crippen molar-refractivity contribution in [1.29, 1.82) is 0 Å². The Morgan fingerprint density at radius 1 is 1.41 bits per heavy atom. The summed E-state index contributed by atoms with van der Waals surface area (Å²) in [6.07, 6.45) is 1.52. The Kier molecular flexibility index (Phi) is 4.20. The molecular formula is C16H22N2O4. The molecule has 0 aromatic carbocycles. The van der Waals surface area contributed by atoms with E-state index < -0.39 is 0 Å². The van der Waals surface area contributed by atoms with Crippen LogP contribution < -0.4 is 0 Å². The quantitative estimate of drug-likeness (QED) is 0.736. The van der Waals surface area contributed by atoms with E-state index in [9.17, 15) is 9.59 Å². The fourth-order valence-corrected chi connectivity index (χ4v) is 3.49. The molecular weight excluding hydrogens is 284 g/mol. The van der Waals surface area contributed by atoms with E-state index in [0.29, 0.717) is 36.7 Å². The fourth-order valence-electron chi connectivity index (χ4n) is 3.49. The Bertz CT molecular complexity index is 530. The number of esters is 1. The van der Waals surface area contributed by atoms with Gasteiger partial charge >= 0.3 is 5.97 Å². The predicted octanol–water partition coefficient (Wildman–Crippen LogP) is 1.09. The molecule has 2 fully saturated rings. The van der Waals surface area contributed by atoms with Crippen molar-refractivity contribution >= 4 is 11.9 Å². The number of nitrogens with zero attached hydrogens (tertiary/aromatic N) is 2. The largest absolute Gasteiger partial charge is 0.465 e. The van der Waals surface area contributed by atoms with Crippen LogP contribution >= 0.6 is 0 Å². The minimum atomic E-state index is -0.176. The van der Waals surface area contributed by atoms with Crippen molar-refractivity contribution in [1.82, 2.24) is 9.80 Å². The fraction of sp³-hybridized carbons (Fsp3) is 0.625. The Morgan fingerprint density at radius 2 is 2.14 bits per heavy atom. The molecule has 3 atom stereocenters. The van der Waals surface area contributed by atoms with Crippen LogP contribution in [0, 0.1) is 17.8 Å². The lowest BCUT2D eigenvalue weighted by molar-refractivity contribution is -0.144. The first-order chi connectivity index (χ1) is 10.6. The smallest absolute Gasteiger partial charge is 0.320 e. The summed E-state index contributed by atoms with van der Waals surface area (Å²) in [5, 5.41) is 0. The first-order valence-electron chi connectivity index (χ1n) is 7.77. The average Bonchev–Trinajstić information content (AvgIpc) is 2.96. The van der Waals surface area contributed by atoms with Crippen molar-refractivity contribution in [3.8, 4) is 0 Å². The molecule has 3 rings (SSSR count). The maximum Gasteiger partial charge on any atom is 0.320 e. The van der Waals surface area contributed by atoms with Gasteiger partial charge in [0, 0.05) is 19.6 Å². The molecule has 1 unspecified atom stereocenters. The van der Waals surface area contributed by atoms with Crippen LogP contribution in [0.4, 0.5) is 0 Å².